The van der Waals surface area contributed by atoms with E-state index in [2.05, 4.69) is 0 Å². The Morgan fingerprint density at radius 3 is 1.98 bits per heavy atom. The number of aliphatic hydroxyl groups excluding tert-OH is 1. The van der Waals surface area contributed by atoms with Crippen LogP contribution in [-0.2, 0) is 66.7 Å². The van der Waals surface area contributed by atoms with Gasteiger partial charge in [0.25, 0.3) is 0 Å². The van der Waals surface area contributed by atoms with Crippen molar-refractivity contribution in [2.75, 3.05) is 7.11 Å². The van der Waals surface area contributed by atoms with Gasteiger partial charge in [0.15, 0.2) is 23.4 Å². The largest absolute Gasteiger partial charge is 0.472 e. The van der Waals surface area contributed by atoms with E-state index in [1.165, 1.54) is 19.6 Å². The number of furan rings is 1. The molecule has 1 saturated heterocycles. The summed E-state index contributed by atoms with van der Waals surface area (Å²) in [5, 5.41) is 12.5. The molecule has 4 aliphatic carbocycles. The predicted molar refractivity (Wildman–Crippen MR) is 173 cm³/mol. The normalized spacial score (nSPS) is 43.3. The quantitative estimate of drug-likeness (QED) is 0.299. The van der Waals surface area contributed by atoms with E-state index < -0.39 is 123 Å². The molecule has 16 nitrogen and oxygen atoms in total. The molecule has 5 aliphatic rings. The van der Waals surface area contributed by atoms with Gasteiger partial charge < -0.3 is 42.7 Å². The first-order valence-corrected chi connectivity index (χ1v) is 17.5. The van der Waals surface area contributed by atoms with E-state index in [0.29, 0.717) is 5.56 Å². The van der Waals surface area contributed by atoms with E-state index >= 15 is 0 Å². The molecule has 0 radical (unpaired) electrons. The molecular formula is C37H46O16. The maximum Gasteiger partial charge on any atom is 0.306 e. The van der Waals surface area contributed by atoms with Crippen molar-refractivity contribution in [1.82, 2.24) is 0 Å². The van der Waals surface area contributed by atoms with Gasteiger partial charge in [-0.1, -0.05) is 20.8 Å². The van der Waals surface area contributed by atoms with Gasteiger partial charge in [-0.15, -0.1) is 0 Å². The van der Waals surface area contributed by atoms with Crippen LogP contribution in [0.15, 0.2) is 23.0 Å². The Balaban J connectivity index is 1.82. The second kappa shape index (κ2) is 12.3. The summed E-state index contributed by atoms with van der Waals surface area (Å²) >= 11 is 0. The van der Waals surface area contributed by atoms with Gasteiger partial charge in [-0.2, -0.15) is 0 Å². The summed E-state index contributed by atoms with van der Waals surface area (Å²) in [5.74, 6) is -9.46. The van der Waals surface area contributed by atoms with Crippen LogP contribution in [0.5, 0.6) is 0 Å². The Morgan fingerprint density at radius 1 is 0.849 bits per heavy atom. The third-order valence-electron chi connectivity index (χ3n) is 13.3. The van der Waals surface area contributed by atoms with Gasteiger partial charge in [-0.3, -0.25) is 33.6 Å². The fourth-order valence-corrected chi connectivity index (χ4v) is 12.1. The summed E-state index contributed by atoms with van der Waals surface area (Å²) in [6, 6.07) is 1.55. The highest BCUT2D eigenvalue weighted by Crippen LogP contribution is 2.84. The molecule has 290 valence electrons. The second-order valence-corrected chi connectivity index (χ2v) is 15.9. The minimum absolute atomic E-state index is 0.203. The lowest BCUT2D eigenvalue weighted by molar-refractivity contribution is -0.405. The molecule has 2 heterocycles. The van der Waals surface area contributed by atoms with Gasteiger partial charge in [-0.05, 0) is 18.4 Å². The smallest absolute Gasteiger partial charge is 0.306 e. The number of fused-ring (bicyclic) bond motifs is 5. The minimum atomic E-state index is -2.47. The first-order chi connectivity index (χ1) is 24.6. The third-order valence-corrected chi connectivity index (χ3v) is 13.3. The summed E-state index contributed by atoms with van der Waals surface area (Å²) in [6.07, 6.45) is -4.74. The number of rotatable bonds is 8. The van der Waals surface area contributed by atoms with Gasteiger partial charge >= 0.3 is 41.8 Å². The Bertz CT molecular complexity index is 1750. The molecule has 13 atom stereocenters. The van der Waals surface area contributed by atoms with Crippen molar-refractivity contribution >= 4 is 41.8 Å². The molecule has 5 fully saturated rings. The number of carbonyl (C=O) groups is 7. The van der Waals surface area contributed by atoms with Gasteiger partial charge in [0.1, 0.15) is 6.10 Å². The molecule has 0 spiro atoms. The van der Waals surface area contributed by atoms with E-state index in [0.717, 1.165) is 34.6 Å². The molecule has 1 aromatic rings. The summed E-state index contributed by atoms with van der Waals surface area (Å²) in [4.78, 5) is 94.5. The molecule has 4 saturated carbocycles. The molecule has 16 heteroatoms. The van der Waals surface area contributed by atoms with Gasteiger partial charge in [0, 0.05) is 81.1 Å². The van der Waals surface area contributed by atoms with E-state index in [4.69, 9.17) is 37.6 Å². The topological polar surface area (TPSA) is 217 Å². The van der Waals surface area contributed by atoms with Crippen molar-refractivity contribution in [1.29, 1.82) is 0 Å². The number of aliphatic hydroxyl groups is 1. The van der Waals surface area contributed by atoms with Crippen LogP contribution in [0.3, 0.4) is 0 Å². The average molecular weight is 747 g/mol. The van der Waals surface area contributed by atoms with Crippen LogP contribution in [-0.4, -0.2) is 89.1 Å². The zero-order valence-electron chi connectivity index (χ0n) is 31.2. The number of hydrogen-bond acceptors (Lipinski definition) is 16. The molecule has 1 aliphatic heterocycles. The van der Waals surface area contributed by atoms with Crippen molar-refractivity contribution in [2.24, 2.45) is 34.0 Å². The van der Waals surface area contributed by atoms with Gasteiger partial charge in [-0.25, -0.2) is 0 Å². The van der Waals surface area contributed by atoms with Crippen molar-refractivity contribution in [3.63, 3.8) is 0 Å². The van der Waals surface area contributed by atoms with Crippen LogP contribution >= 0.6 is 0 Å². The highest BCUT2D eigenvalue weighted by molar-refractivity contribution is 5.76. The van der Waals surface area contributed by atoms with Crippen LogP contribution in [0.25, 0.3) is 0 Å². The Morgan fingerprint density at radius 2 is 1.45 bits per heavy atom. The van der Waals surface area contributed by atoms with Crippen molar-refractivity contribution in [2.45, 2.75) is 122 Å². The lowest BCUT2D eigenvalue weighted by Crippen LogP contribution is -2.90. The van der Waals surface area contributed by atoms with Crippen LogP contribution < -0.4 is 0 Å². The zero-order chi connectivity index (χ0) is 39.3. The average Bonchev–Trinajstić information content (AvgIpc) is 3.69. The van der Waals surface area contributed by atoms with E-state index in [1.807, 2.05) is 0 Å². The van der Waals surface area contributed by atoms with Crippen LogP contribution in [0, 0.1) is 34.0 Å². The van der Waals surface area contributed by atoms with Crippen LogP contribution in [0.2, 0.25) is 0 Å². The van der Waals surface area contributed by atoms with Crippen molar-refractivity contribution in [3.05, 3.63) is 24.2 Å². The molecule has 0 aromatic carbocycles. The first kappa shape index (κ1) is 38.3. The molecule has 1 unspecified atom stereocenters. The van der Waals surface area contributed by atoms with Gasteiger partial charge in [0.2, 0.25) is 5.60 Å². The summed E-state index contributed by atoms with van der Waals surface area (Å²) in [7, 11) is 1.19. The lowest BCUT2D eigenvalue weighted by atomic mass is 9.34. The molecule has 1 aromatic heterocycles. The Hall–Kier alpha value is -4.47. The molecule has 6 rings (SSSR count). The van der Waals surface area contributed by atoms with Gasteiger partial charge in [0.05, 0.1) is 32.2 Å². The first-order valence-electron chi connectivity index (χ1n) is 17.5. The minimum Gasteiger partial charge on any atom is -0.472 e. The highest BCUT2D eigenvalue weighted by atomic mass is 16.7. The standard InChI is InChI=1S/C37H46O16/c1-17(38)48-30-32(6)16-35(51-19(3)40)34(8,23(32)13-27(44)46-9)25-12-26(43)33(7)24(14-28(45)50-29(33)22-10-11-47-15-22)36(25,52-20(4)41)31(49-18(2)39)37(30,35)53-21(5)42/h10-11,15,23-26,29-31,43H,12-14,16H2,1-9H3/t23-,24+,25?,26-,29-,30-,31-,32-,33-,34-,35+,36-,37-/m0/s1. The van der Waals surface area contributed by atoms with Crippen LogP contribution in [0.1, 0.15) is 92.7 Å². The van der Waals surface area contributed by atoms with E-state index in [1.54, 1.807) is 26.8 Å². The van der Waals surface area contributed by atoms with E-state index in [-0.39, 0.29) is 19.3 Å². The van der Waals surface area contributed by atoms with E-state index in [9.17, 15) is 38.7 Å². The molecule has 2 bridgehead atoms. The van der Waals surface area contributed by atoms with Crippen molar-refractivity contribution < 1.29 is 76.2 Å². The number of methoxy groups -OCH3 is 1. The summed E-state index contributed by atoms with van der Waals surface area (Å²) < 4.78 is 48.1. The number of ether oxygens (including phenoxy) is 7. The monoisotopic (exact) mass is 746 g/mol. The Labute approximate surface area is 305 Å². The fraction of sp³-hybridized carbons (Fsp3) is 0.703. The second-order valence-electron chi connectivity index (χ2n) is 15.9. The molecule has 53 heavy (non-hydrogen) atoms. The molecular weight excluding hydrogens is 700 g/mol. The zero-order valence-corrected chi connectivity index (χ0v) is 31.2. The summed E-state index contributed by atoms with van der Waals surface area (Å²) in [6.45, 7) is 10.5. The Kier molecular flexibility index (Phi) is 8.87. The number of esters is 7. The lowest BCUT2D eigenvalue weighted by Gasteiger charge is -2.75. The predicted octanol–water partition coefficient (Wildman–Crippen LogP) is 2.66. The summed E-state index contributed by atoms with van der Waals surface area (Å²) in [5.41, 5.74) is -11.0. The number of hydrogen-bond donors (Lipinski definition) is 1. The fourth-order valence-electron chi connectivity index (χ4n) is 12.1. The van der Waals surface area contributed by atoms with Crippen molar-refractivity contribution in [3.8, 4) is 0 Å². The number of cyclic esters (lactones) is 1. The van der Waals surface area contributed by atoms with Crippen LogP contribution in [0.4, 0.5) is 0 Å². The maximum absolute atomic E-state index is 13.8. The highest BCUT2D eigenvalue weighted by Gasteiger charge is 2.98. The number of carbonyl (C=O) groups excluding carboxylic acids is 7. The third kappa shape index (κ3) is 4.78. The SMILES string of the molecule is COC(=O)C[C@H]1[C@]2(C)C[C@]3(OC(C)=O)[C@](OC(C)=O)([C@H]2OC(C)=O)[C@@H](OC(C)=O)[C@@]2(OC(C)=O)C(C[C@H](O)[C@@]4(C)[C@H](c5ccoc5)OC(=O)C[C@@H]24)[C@]13C. The molecule has 0 amide bonds. The molecule has 1 N–H and O–H groups in total. The maximum atomic E-state index is 13.8.